The maximum Gasteiger partial charge on any atom is 0.232 e. The van der Waals surface area contributed by atoms with Crippen molar-refractivity contribution >= 4 is 17.8 Å². The first-order valence-electron chi connectivity index (χ1n) is 6.68. The van der Waals surface area contributed by atoms with E-state index < -0.39 is 0 Å². The molecule has 0 bridgehead atoms. The fraction of sp³-hybridized carbons (Fsp3) is 0.750. The Morgan fingerprint density at radius 1 is 1.28 bits per heavy atom. The van der Waals surface area contributed by atoms with Gasteiger partial charge in [0.25, 0.3) is 0 Å². The van der Waals surface area contributed by atoms with Crippen LogP contribution in [0.25, 0.3) is 0 Å². The van der Waals surface area contributed by atoms with E-state index in [0.717, 1.165) is 25.6 Å². The highest BCUT2D eigenvalue weighted by molar-refractivity contribution is 5.44. The molecular weight excluding hydrogens is 228 g/mol. The average molecular weight is 250 g/mol. The van der Waals surface area contributed by atoms with E-state index >= 15 is 0 Å². The Morgan fingerprint density at radius 3 is 2.56 bits per heavy atom. The highest BCUT2D eigenvalue weighted by Crippen LogP contribution is 2.23. The van der Waals surface area contributed by atoms with Crippen LogP contribution in [0.1, 0.15) is 33.6 Å². The molecule has 1 saturated heterocycles. The number of anilines is 3. The lowest BCUT2D eigenvalue weighted by molar-refractivity contribution is 0.710. The van der Waals surface area contributed by atoms with Gasteiger partial charge >= 0.3 is 0 Å². The number of rotatable bonds is 4. The molecule has 1 aromatic heterocycles. The van der Waals surface area contributed by atoms with Gasteiger partial charge in [0.2, 0.25) is 17.8 Å². The van der Waals surface area contributed by atoms with Crippen LogP contribution in [0.15, 0.2) is 0 Å². The lowest BCUT2D eigenvalue weighted by Gasteiger charge is -2.24. The van der Waals surface area contributed by atoms with Gasteiger partial charge in [0.05, 0.1) is 0 Å². The summed E-state index contributed by atoms with van der Waals surface area (Å²) in [7, 11) is 0. The molecular formula is C12H22N6. The van der Waals surface area contributed by atoms with Gasteiger partial charge in [0.15, 0.2) is 0 Å². The van der Waals surface area contributed by atoms with Gasteiger partial charge in [-0.2, -0.15) is 15.0 Å². The van der Waals surface area contributed by atoms with Gasteiger partial charge < -0.3 is 15.5 Å². The summed E-state index contributed by atoms with van der Waals surface area (Å²) in [6.45, 7) is 9.11. The van der Waals surface area contributed by atoms with Crippen LogP contribution in [0, 0.1) is 0 Å². The summed E-state index contributed by atoms with van der Waals surface area (Å²) < 4.78 is 0. The van der Waals surface area contributed by atoms with Crippen molar-refractivity contribution in [3.63, 3.8) is 0 Å². The van der Waals surface area contributed by atoms with Crippen molar-refractivity contribution in [2.45, 2.75) is 39.7 Å². The summed E-state index contributed by atoms with van der Waals surface area (Å²) >= 11 is 0. The molecule has 100 valence electrons. The number of nitrogens with two attached hydrogens (primary N) is 1. The molecule has 0 spiro atoms. The standard InChI is InChI=1S/C12H22N6/c1-4-17(5-2)11-14-10(13)15-12(16-11)18-8-6-7-9(18)3/h9H,4-8H2,1-3H3,(H2,13,14,15,16). The van der Waals surface area contributed by atoms with Crippen molar-refractivity contribution in [3.8, 4) is 0 Å². The molecule has 1 aliphatic heterocycles. The molecule has 2 heterocycles. The molecule has 18 heavy (non-hydrogen) atoms. The molecule has 0 aromatic carbocycles. The van der Waals surface area contributed by atoms with Crippen LogP contribution in [0.3, 0.4) is 0 Å². The maximum atomic E-state index is 5.80. The first kappa shape index (κ1) is 12.9. The lowest BCUT2D eigenvalue weighted by atomic mass is 10.2. The lowest BCUT2D eigenvalue weighted by Crippen LogP contribution is -2.31. The number of hydrogen-bond acceptors (Lipinski definition) is 6. The van der Waals surface area contributed by atoms with Crippen molar-refractivity contribution in [1.82, 2.24) is 15.0 Å². The van der Waals surface area contributed by atoms with Gasteiger partial charge in [0, 0.05) is 25.7 Å². The molecule has 6 heteroatoms. The number of aromatic nitrogens is 3. The van der Waals surface area contributed by atoms with E-state index in [9.17, 15) is 0 Å². The van der Waals surface area contributed by atoms with Crippen molar-refractivity contribution in [3.05, 3.63) is 0 Å². The van der Waals surface area contributed by atoms with E-state index in [1.165, 1.54) is 12.8 Å². The third kappa shape index (κ3) is 2.47. The van der Waals surface area contributed by atoms with Crippen molar-refractivity contribution in [2.75, 3.05) is 35.2 Å². The molecule has 0 radical (unpaired) electrons. The Balaban J connectivity index is 2.31. The SMILES string of the molecule is CCN(CC)c1nc(N)nc(N2CCCC2C)n1. The molecule has 1 fully saturated rings. The summed E-state index contributed by atoms with van der Waals surface area (Å²) in [4.78, 5) is 17.4. The number of nitrogen functional groups attached to an aromatic ring is 1. The first-order valence-corrected chi connectivity index (χ1v) is 6.68. The largest absolute Gasteiger partial charge is 0.368 e. The molecule has 1 aliphatic rings. The van der Waals surface area contributed by atoms with E-state index in [1.54, 1.807) is 0 Å². The Labute approximate surface area is 108 Å². The molecule has 2 rings (SSSR count). The van der Waals surface area contributed by atoms with Crippen LogP contribution in [0.2, 0.25) is 0 Å². The van der Waals surface area contributed by atoms with Crippen LogP contribution in [-0.4, -0.2) is 40.6 Å². The van der Waals surface area contributed by atoms with E-state index in [2.05, 4.69) is 45.5 Å². The highest BCUT2D eigenvalue weighted by atomic mass is 15.4. The summed E-state index contributed by atoms with van der Waals surface area (Å²) in [5.41, 5.74) is 5.80. The normalized spacial score (nSPS) is 19.3. The van der Waals surface area contributed by atoms with Crippen LogP contribution in [-0.2, 0) is 0 Å². The number of hydrogen-bond donors (Lipinski definition) is 1. The molecule has 1 unspecified atom stereocenters. The predicted octanol–water partition coefficient (Wildman–Crippen LogP) is 1.29. The Hall–Kier alpha value is -1.59. The molecule has 0 amide bonds. The van der Waals surface area contributed by atoms with Crippen molar-refractivity contribution in [2.24, 2.45) is 0 Å². The van der Waals surface area contributed by atoms with Crippen molar-refractivity contribution < 1.29 is 0 Å². The summed E-state index contributed by atoms with van der Waals surface area (Å²) in [6, 6.07) is 0.483. The predicted molar refractivity (Wildman–Crippen MR) is 73.8 cm³/mol. The summed E-state index contributed by atoms with van der Waals surface area (Å²) in [6.07, 6.45) is 2.37. The van der Waals surface area contributed by atoms with Gasteiger partial charge in [-0.1, -0.05) is 0 Å². The average Bonchev–Trinajstić information content (AvgIpc) is 2.76. The summed E-state index contributed by atoms with van der Waals surface area (Å²) in [5, 5.41) is 0. The second-order valence-electron chi connectivity index (χ2n) is 4.65. The Bertz CT molecular complexity index is 404. The monoisotopic (exact) mass is 250 g/mol. The minimum absolute atomic E-state index is 0.306. The van der Waals surface area contributed by atoms with E-state index in [-0.39, 0.29) is 0 Å². The minimum Gasteiger partial charge on any atom is -0.368 e. The second kappa shape index (κ2) is 5.37. The van der Waals surface area contributed by atoms with Gasteiger partial charge in [-0.05, 0) is 33.6 Å². The highest BCUT2D eigenvalue weighted by Gasteiger charge is 2.24. The fourth-order valence-corrected chi connectivity index (χ4v) is 2.38. The Kier molecular flexibility index (Phi) is 3.84. The van der Waals surface area contributed by atoms with Gasteiger partial charge in [-0.25, -0.2) is 0 Å². The van der Waals surface area contributed by atoms with Crippen LogP contribution in [0.4, 0.5) is 17.8 Å². The van der Waals surface area contributed by atoms with Crippen LogP contribution >= 0.6 is 0 Å². The first-order chi connectivity index (χ1) is 8.65. The van der Waals surface area contributed by atoms with Gasteiger partial charge in [-0.15, -0.1) is 0 Å². The van der Waals surface area contributed by atoms with E-state index in [1.807, 2.05) is 0 Å². The molecule has 2 N–H and O–H groups in total. The molecule has 1 aromatic rings. The topological polar surface area (TPSA) is 71.2 Å². The summed E-state index contributed by atoms with van der Waals surface area (Å²) in [5.74, 6) is 1.71. The van der Waals surface area contributed by atoms with E-state index in [4.69, 9.17) is 5.73 Å². The molecule has 0 saturated carbocycles. The number of nitrogens with zero attached hydrogens (tertiary/aromatic N) is 5. The molecule has 0 aliphatic carbocycles. The zero-order valence-electron chi connectivity index (χ0n) is 11.4. The van der Waals surface area contributed by atoms with Crippen LogP contribution in [0.5, 0.6) is 0 Å². The zero-order chi connectivity index (χ0) is 13.1. The third-order valence-electron chi connectivity index (χ3n) is 3.49. The zero-order valence-corrected chi connectivity index (χ0v) is 11.4. The Morgan fingerprint density at radius 2 is 2.00 bits per heavy atom. The minimum atomic E-state index is 0.306. The second-order valence-corrected chi connectivity index (χ2v) is 4.65. The van der Waals surface area contributed by atoms with Crippen molar-refractivity contribution in [1.29, 1.82) is 0 Å². The van der Waals surface area contributed by atoms with E-state index in [0.29, 0.717) is 17.9 Å². The molecule has 1 atom stereocenters. The quantitative estimate of drug-likeness (QED) is 0.868. The van der Waals surface area contributed by atoms with Gasteiger partial charge in [0.1, 0.15) is 0 Å². The smallest absolute Gasteiger partial charge is 0.232 e. The third-order valence-corrected chi connectivity index (χ3v) is 3.49. The fourth-order valence-electron chi connectivity index (χ4n) is 2.38. The molecule has 6 nitrogen and oxygen atoms in total. The maximum absolute atomic E-state index is 5.80. The van der Waals surface area contributed by atoms with Crippen LogP contribution < -0.4 is 15.5 Å². The van der Waals surface area contributed by atoms with Gasteiger partial charge in [-0.3, -0.25) is 0 Å².